The van der Waals surface area contributed by atoms with Gasteiger partial charge in [-0.1, -0.05) is 28.1 Å². The van der Waals surface area contributed by atoms with Crippen LogP contribution in [0.1, 0.15) is 31.2 Å². The Morgan fingerprint density at radius 1 is 1.39 bits per heavy atom. The second kappa shape index (κ2) is 8.47. The van der Waals surface area contributed by atoms with Crippen LogP contribution in [0.5, 0.6) is 0 Å². The summed E-state index contributed by atoms with van der Waals surface area (Å²) in [5.41, 5.74) is 6.46. The zero-order valence-electron chi connectivity index (χ0n) is 13.1. The van der Waals surface area contributed by atoms with Crippen LogP contribution in [0.4, 0.5) is 0 Å². The number of halogens is 1. The first-order valence-electron chi connectivity index (χ1n) is 7.73. The SMILES string of the molecule is CCO[C@@H]1OC(C(N)=O)=C[C@H](c2ccc(Br)cc2)[C@@H]1CCCO. The van der Waals surface area contributed by atoms with Crippen LogP contribution < -0.4 is 5.73 Å². The lowest BCUT2D eigenvalue weighted by Crippen LogP contribution is -2.37. The molecule has 1 aliphatic rings. The van der Waals surface area contributed by atoms with E-state index in [0.717, 1.165) is 16.5 Å². The molecule has 0 fully saturated rings. The first-order chi connectivity index (χ1) is 11.1. The second-order valence-electron chi connectivity index (χ2n) is 5.44. The highest BCUT2D eigenvalue weighted by Gasteiger charge is 2.37. The summed E-state index contributed by atoms with van der Waals surface area (Å²) in [6.07, 6.45) is 2.59. The molecule has 0 unspecified atom stereocenters. The van der Waals surface area contributed by atoms with Crippen molar-refractivity contribution < 1.29 is 19.4 Å². The normalized spacial score (nSPS) is 24.0. The summed E-state index contributed by atoms with van der Waals surface area (Å²) < 4.78 is 12.3. The summed E-state index contributed by atoms with van der Waals surface area (Å²) in [4.78, 5) is 11.6. The molecule has 126 valence electrons. The number of rotatable bonds is 7. The number of allylic oxidation sites excluding steroid dienone is 1. The maximum Gasteiger partial charge on any atom is 0.283 e. The van der Waals surface area contributed by atoms with Crippen molar-refractivity contribution >= 4 is 21.8 Å². The van der Waals surface area contributed by atoms with E-state index in [0.29, 0.717) is 13.0 Å². The third-order valence-corrected chi connectivity index (χ3v) is 4.44. The molecule has 23 heavy (non-hydrogen) atoms. The molecule has 1 aliphatic heterocycles. The molecule has 3 N–H and O–H groups in total. The summed E-state index contributed by atoms with van der Waals surface area (Å²) in [5, 5.41) is 9.17. The maximum absolute atomic E-state index is 11.6. The number of hydrogen-bond acceptors (Lipinski definition) is 4. The number of primary amides is 1. The first-order valence-corrected chi connectivity index (χ1v) is 8.52. The molecule has 1 amide bonds. The Kier molecular flexibility index (Phi) is 6.62. The van der Waals surface area contributed by atoms with Gasteiger partial charge in [0.25, 0.3) is 5.91 Å². The Morgan fingerprint density at radius 2 is 2.09 bits per heavy atom. The van der Waals surface area contributed by atoms with Crippen molar-refractivity contribution in [2.24, 2.45) is 11.7 Å². The molecule has 0 spiro atoms. The summed E-state index contributed by atoms with van der Waals surface area (Å²) in [7, 11) is 0. The minimum atomic E-state index is -0.600. The van der Waals surface area contributed by atoms with E-state index in [9.17, 15) is 4.79 Å². The summed E-state index contributed by atoms with van der Waals surface area (Å²) >= 11 is 3.43. The molecule has 0 aliphatic carbocycles. The highest BCUT2D eigenvalue weighted by Crippen LogP contribution is 2.39. The average molecular weight is 384 g/mol. The quantitative estimate of drug-likeness (QED) is 0.758. The van der Waals surface area contributed by atoms with Crippen LogP contribution in [0, 0.1) is 5.92 Å². The molecule has 1 aromatic carbocycles. The van der Waals surface area contributed by atoms with Crippen LogP contribution in [0.15, 0.2) is 40.6 Å². The van der Waals surface area contributed by atoms with Gasteiger partial charge in [-0.15, -0.1) is 0 Å². The number of amides is 1. The molecule has 2 rings (SSSR count). The van der Waals surface area contributed by atoms with Crippen molar-refractivity contribution in [1.82, 2.24) is 0 Å². The van der Waals surface area contributed by atoms with Crippen molar-refractivity contribution in [3.05, 3.63) is 46.1 Å². The lowest BCUT2D eigenvalue weighted by atomic mass is 9.80. The smallest absolute Gasteiger partial charge is 0.283 e. The number of benzene rings is 1. The fraction of sp³-hybridized carbons (Fsp3) is 0.471. The van der Waals surface area contributed by atoms with Gasteiger partial charge in [0.05, 0.1) is 0 Å². The van der Waals surface area contributed by atoms with Crippen molar-refractivity contribution in [2.75, 3.05) is 13.2 Å². The molecule has 0 radical (unpaired) electrons. The minimum Gasteiger partial charge on any atom is -0.459 e. The third kappa shape index (κ3) is 4.56. The molecular weight excluding hydrogens is 362 g/mol. The predicted molar refractivity (Wildman–Crippen MR) is 90.5 cm³/mol. The zero-order chi connectivity index (χ0) is 16.8. The van der Waals surface area contributed by atoms with E-state index in [4.69, 9.17) is 20.3 Å². The van der Waals surface area contributed by atoms with Crippen LogP contribution in [0.25, 0.3) is 0 Å². The highest BCUT2D eigenvalue weighted by molar-refractivity contribution is 9.10. The second-order valence-corrected chi connectivity index (χ2v) is 6.36. The van der Waals surface area contributed by atoms with Gasteiger partial charge in [-0.05, 0) is 43.5 Å². The Morgan fingerprint density at radius 3 is 2.65 bits per heavy atom. The molecule has 0 bridgehead atoms. The van der Waals surface area contributed by atoms with E-state index in [1.807, 2.05) is 31.2 Å². The van der Waals surface area contributed by atoms with Gasteiger partial charge in [0.15, 0.2) is 5.76 Å². The van der Waals surface area contributed by atoms with Crippen LogP contribution in [-0.2, 0) is 14.3 Å². The van der Waals surface area contributed by atoms with Crippen LogP contribution in [-0.4, -0.2) is 30.5 Å². The molecule has 0 saturated carbocycles. The van der Waals surface area contributed by atoms with Crippen molar-refractivity contribution in [1.29, 1.82) is 0 Å². The number of carbonyl (C=O) groups is 1. The molecule has 1 heterocycles. The fourth-order valence-corrected chi connectivity index (χ4v) is 3.11. The van der Waals surface area contributed by atoms with Crippen LogP contribution >= 0.6 is 15.9 Å². The first kappa shape index (κ1) is 18.0. The van der Waals surface area contributed by atoms with Gasteiger partial charge in [0.1, 0.15) is 0 Å². The molecule has 1 aromatic rings. The molecule has 0 aromatic heterocycles. The number of hydrogen-bond donors (Lipinski definition) is 2. The monoisotopic (exact) mass is 383 g/mol. The summed E-state index contributed by atoms with van der Waals surface area (Å²) in [6, 6.07) is 7.93. The lowest BCUT2D eigenvalue weighted by Gasteiger charge is -2.36. The number of aliphatic hydroxyl groups is 1. The van der Waals surface area contributed by atoms with Gasteiger partial charge >= 0.3 is 0 Å². The maximum atomic E-state index is 11.6. The Hall–Kier alpha value is -1.37. The average Bonchev–Trinajstić information content (AvgIpc) is 2.54. The largest absolute Gasteiger partial charge is 0.459 e. The van der Waals surface area contributed by atoms with Gasteiger partial charge in [-0.3, -0.25) is 4.79 Å². The Balaban J connectivity index is 2.38. The fourth-order valence-electron chi connectivity index (χ4n) is 2.84. The van der Waals surface area contributed by atoms with Gasteiger partial charge in [0.2, 0.25) is 6.29 Å². The van der Waals surface area contributed by atoms with E-state index in [2.05, 4.69) is 15.9 Å². The lowest BCUT2D eigenvalue weighted by molar-refractivity contribution is -0.165. The Bertz CT molecular complexity index is 558. The topological polar surface area (TPSA) is 81.8 Å². The minimum absolute atomic E-state index is 0.00590. The predicted octanol–water partition coefficient (Wildman–Crippen LogP) is 2.68. The van der Waals surface area contributed by atoms with Crippen molar-refractivity contribution in [3.63, 3.8) is 0 Å². The molecular formula is C17H22BrNO4. The van der Waals surface area contributed by atoms with Gasteiger partial charge < -0.3 is 20.3 Å². The molecule has 3 atom stereocenters. The number of ether oxygens (including phenoxy) is 2. The van der Waals surface area contributed by atoms with E-state index >= 15 is 0 Å². The highest BCUT2D eigenvalue weighted by atomic mass is 79.9. The molecule has 0 saturated heterocycles. The van der Waals surface area contributed by atoms with Gasteiger partial charge in [-0.2, -0.15) is 0 Å². The zero-order valence-corrected chi connectivity index (χ0v) is 14.7. The van der Waals surface area contributed by atoms with E-state index in [1.54, 1.807) is 6.08 Å². The van der Waals surface area contributed by atoms with Crippen molar-refractivity contribution in [3.8, 4) is 0 Å². The van der Waals surface area contributed by atoms with E-state index in [1.165, 1.54) is 0 Å². The number of nitrogens with two attached hydrogens (primary N) is 1. The van der Waals surface area contributed by atoms with Gasteiger partial charge in [-0.25, -0.2) is 0 Å². The number of aliphatic hydroxyl groups excluding tert-OH is 1. The van der Waals surface area contributed by atoms with E-state index in [-0.39, 0.29) is 24.2 Å². The van der Waals surface area contributed by atoms with Gasteiger partial charge in [0, 0.05) is 29.5 Å². The summed E-state index contributed by atoms with van der Waals surface area (Å²) in [6.45, 7) is 2.46. The third-order valence-electron chi connectivity index (χ3n) is 3.91. The Labute approximate surface area is 144 Å². The molecule has 6 heteroatoms. The standard InChI is InChI=1S/C17H22BrNO4/c1-2-22-17-13(4-3-9-20)14(10-15(23-17)16(19)21)11-5-7-12(18)8-6-11/h5-8,10,13-14,17,20H,2-4,9H2,1H3,(H2,19,21)/t13-,14+,17+/m0/s1. The summed E-state index contributed by atoms with van der Waals surface area (Å²) in [5.74, 6) is -0.511. The van der Waals surface area contributed by atoms with Crippen LogP contribution in [0.3, 0.4) is 0 Å². The van der Waals surface area contributed by atoms with Crippen molar-refractivity contribution in [2.45, 2.75) is 32.0 Å². The van der Waals surface area contributed by atoms with E-state index < -0.39 is 12.2 Å². The van der Waals surface area contributed by atoms with Crippen LogP contribution in [0.2, 0.25) is 0 Å². The number of carbonyl (C=O) groups excluding carboxylic acids is 1. The molecule has 5 nitrogen and oxygen atoms in total.